The van der Waals surface area contributed by atoms with Crippen molar-refractivity contribution in [1.82, 2.24) is 10.2 Å². The van der Waals surface area contributed by atoms with E-state index >= 15 is 0 Å². The molecule has 1 amide bonds. The van der Waals surface area contributed by atoms with Crippen molar-refractivity contribution in [2.24, 2.45) is 5.92 Å². The lowest BCUT2D eigenvalue weighted by Gasteiger charge is -2.32. The zero-order valence-corrected chi connectivity index (χ0v) is 18.1. The first-order chi connectivity index (χ1) is 15.3. The molecule has 4 heteroatoms. The molecular weight excluding hydrogens is 384 g/mol. The number of piperidine rings is 1. The zero-order chi connectivity index (χ0) is 21.3. The van der Waals surface area contributed by atoms with E-state index in [1.165, 1.54) is 30.4 Å². The quantitative estimate of drug-likeness (QED) is 0.494. The van der Waals surface area contributed by atoms with Crippen molar-refractivity contribution in [3.05, 3.63) is 95.4 Å². The predicted octanol–water partition coefficient (Wildman–Crippen LogP) is 5.10. The zero-order valence-electron chi connectivity index (χ0n) is 18.1. The third-order valence-electron chi connectivity index (χ3n) is 6.16. The van der Waals surface area contributed by atoms with Crippen LogP contribution in [0, 0.1) is 5.92 Å². The minimum atomic E-state index is -0.00674. The molecule has 4 nitrogen and oxygen atoms in total. The molecule has 0 radical (unpaired) electrons. The molecule has 1 N–H and O–H groups in total. The highest BCUT2D eigenvalue weighted by molar-refractivity contribution is 5.94. The number of likely N-dealkylation sites (tertiary alicyclic amines) is 1. The van der Waals surface area contributed by atoms with E-state index in [0.717, 1.165) is 49.7 Å². The highest BCUT2D eigenvalue weighted by atomic mass is 16.3. The minimum Gasteiger partial charge on any atom is -0.469 e. The summed E-state index contributed by atoms with van der Waals surface area (Å²) in [6.45, 7) is 3.91. The summed E-state index contributed by atoms with van der Waals surface area (Å²) in [5.74, 6) is 1.74. The van der Waals surface area contributed by atoms with E-state index in [0.29, 0.717) is 6.54 Å². The van der Waals surface area contributed by atoms with Gasteiger partial charge in [-0.3, -0.25) is 9.69 Å². The monoisotopic (exact) mass is 416 g/mol. The van der Waals surface area contributed by atoms with Crippen molar-refractivity contribution in [3.8, 4) is 0 Å². The number of benzene rings is 2. The van der Waals surface area contributed by atoms with E-state index in [1.54, 1.807) is 6.26 Å². The fourth-order valence-electron chi connectivity index (χ4n) is 4.34. The molecule has 1 aromatic heterocycles. The lowest BCUT2D eigenvalue weighted by molar-refractivity contribution is 0.0953. The van der Waals surface area contributed by atoms with Crippen molar-refractivity contribution in [2.45, 2.75) is 38.6 Å². The Morgan fingerprint density at radius 2 is 1.71 bits per heavy atom. The molecule has 31 heavy (non-hydrogen) atoms. The summed E-state index contributed by atoms with van der Waals surface area (Å²) in [5.41, 5.74) is 3.45. The van der Waals surface area contributed by atoms with E-state index in [2.05, 4.69) is 52.7 Å². The molecule has 3 aromatic rings. The van der Waals surface area contributed by atoms with Crippen LogP contribution in [-0.2, 0) is 19.4 Å². The van der Waals surface area contributed by atoms with Crippen LogP contribution in [0.15, 0.2) is 77.4 Å². The first kappa shape index (κ1) is 21.4. The van der Waals surface area contributed by atoms with E-state index < -0.39 is 0 Å². The van der Waals surface area contributed by atoms with Crippen molar-refractivity contribution in [2.75, 3.05) is 19.6 Å². The predicted molar refractivity (Wildman–Crippen MR) is 124 cm³/mol. The number of carbonyl (C=O) groups is 1. The average molecular weight is 417 g/mol. The molecule has 4 rings (SSSR count). The maximum Gasteiger partial charge on any atom is 0.251 e. The maximum atomic E-state index is 12.3. The van der Waals surface area contributed by atoms with Crippen molar-refractivity contribution >= 4 is 5.91 Å². The second-order valence-corrected chi connectivity index (χ2v) is 8.54. The van der Waals surface area contributed by atoms with Crippen LogP contribution in [0.5, 0.6) is 0 Å². The third-order valence-corrected chi connectivity index (χ3v) is 6.16. The van der Waals surface area contributed by atoms with E-state index in [9.17, 15) is 4.79 Å². The van der Waals surface area contributed by atoms with Gasteiger partial charge in [-0.25, -0.2) is 0 Å². The lowest BCUT2D eigenvalue weighted by atomic mass is 9.90. The highest BCUT2D eigenvalue weighted by Crippen LogP contribution is 2.23. The van der Waals surface area contributed by atoms with Crippen LogP contribution in [0.2, 0.25) is 0 Å². The molecule has 0 aliphatic carbocycles. The minimum absolute atomic E-state index is 0.00674. The van der Waals surface area contributed by atoms with Crippen LogP contribution >= 0.6 is 0 Å². The van der Waals surface area contributed by atoms with Gasteiger partial charge in [0.1, 0.15) is 5.76 Å². The Morgan fingerprint density at radius 3 is 2.42 bits per heavy atom. The molecule has 0 bridgehead atoms. The van der Waals surface area contributed by atoms with Gasteiger partial charge >= 0.3 is 0 Å². The van der Waals surface area contributed by atoms with E-state index in [-0.39, 0.29) is 5.91 Å². The van der Waals surface area contributed by atoms with Gasteiger partial charge in [0.15, 0.2) is 0 Å². The fraction of sp³-hybridized carbons (Fsp3) is 0.370. The Balaban J connectivity index is 1.17. The first-order valence-corrected chi connectivity index (χ1v) is 11.4. The van der Waals surface area contributed by atoms with Crippen LogP contribution in [0.3, 0.4) is 0 Å². The number of aryl methyl sites for hydroxylation is 1. The molecule has 1 aliphatic rings. The van der Waals surface area contributed by atoms with Gasteiger partial charge in [0.25, 0.3) is 5.91 Å². The van der Waals surface area contributed by atoms with Crippen LogP contribution < -0.4 is 5.32 Å². The summed E-state index contributed by atoms with van der Waals surface area (Å²) in [5, 5.41) is 3.00. The SMILES string of the molecule is O=C(NCCCc1ccco1)c1ccc(CN2CCC(Cc3ccccc3)CC2)cc1. The summed E-state index contributed by atoms with van der Waals surface area (Å²) in [4.78, 5) is 14.9. The number of nitrogens with one attached hydrogen (secondary N) is 1. The van der Waals surface area contributed by atoms with Crippen LogP contribution in [-0.4, -0.2) is 30.4 Å². The molecule has 0 atom stereocenters. The molecule has 2 aromatic carbocycles. The van der Waals surface area contributed by atoms with Crippen molar-refractivity contribution in [1.29, 1.82) is 0 Å². The normalized spacial score (nSPS) is 15.1. The molecule has 0 spiro atoms. The lowest BCUT2D eigenvalue weighted by Crippen LogP contribution is -2.33. The number of furan rings is 1. The number of hydrogen-bond acceptors (Lipinski definition) is 3. The van der Waals surface area contributed by atoms with E-state index in [4.69, 9.17) is 4.42 Å². The van der Waals surface area contributed by atoms with Crippen LogP contribution in [0.1, 0.15) is 46.5 Å². The molecule has 1 aliphatic heterocycles. The number of rotatable bonds is 9. The van der Waals surface area contributed by atoms with Crippen LogP contribution in [0.4, 0.5) is 0 Å². The Labute approximate surface area is 185 Å². The molecule has 2 heterocycles. The molecule has 0 unspecified atom stereocenters. The Kier molecular flexibility index (Phi) is 7.56. The first-order valence-electron chi connectivity index (χ1n) is 11.4. The van der Waals surface area contributed by atoms with Gasteiger partial charge in [-0.05, 0) is 80.1 Å². The molecule has 1 fully saturated rings. The average Bonchev–Trinajstić information content (AvgIpc) is 3.33. The molecule has 162 valence electrons. The maximum absolute atomic E-state index is 12.3. The highest BCUT2D eigenvalue weighted by Gasteiger charge is 2.19. The second kappa shape index (κ2) is 11.0. The summed E-state index contributed by atoms with van der Waals surface area (Å²) >= 11 is 0. The molecule has 0 saturated carbocycles. The van der Waals surface area contributed by atoms with Gasteiger partial charge < -0.3 is 9.73 Å². The molecule has 1 saturated heterocycles. The van der Waals surface area contributed by atoms with Crippen molar-refractivity contribution < 1.29 is 9.21 Å². The number of amides is 1. The van der Waals surface area contributed by atoms with Gasteiger partial charge in [-0.2, -0.15) is 0 Å². The summed E-state index contributed by atoms with van der Waals surface area (Å²) in [7, 11) is 0. The second-order valence-electron chi connectivity index (χ2n) is 8.54. The fourth-order valence-corrected chi connectivity index (χ4v) is 4.34. The smallest absolute Gasteiger partial charge is 0.251 e. The van der Waals surface area contributed by atoms with Crippen LogP contribution in [0.25, 0.3) is 0 Å². The summed E-state index contributed by atoms with van der Waals surface area (Å²) in [6.07, 6.45) is 7.11. The number of carbonyl (C=O) groups excluding carboxylic acids is 1. The van der Waals surface area contributed by atoms with Gasteiger partial charge in [0.05, 0.1) is 6.26 Å². The Morgan fingerprint density at radius 1 is 0.935 bits per heavy atom. The van der Waals surface area contributed by atoms with Gasteiger partial charge in [0, 0.05) is 25.1 Å². The Hall–Kier alpha value is -2.85. The standard InChI is InChI=1S/C27H32N2O2/c30-27(28-16-4-8-26-9-5-19-31-26)25-12-10-24(11-13-25)21-29-17-14-23(15-18-29)20-22-6-2-1-3-7-22/h1-3,5-7,9-13,19,23H,4,8,14-18,20-21H2,(H,28,30). The summed E-state index contributed by atoms with van der Waals surface area (Å²) < 4.78 is 5.32. The number of hydrogen-bond donors (Lipinski definition) is 1. The van der Waals surface area contributed by atoms with Gasteiger partial charge in [0.2, 0.25) is 0 Å². The van der Waals surface area contributed by atoms with E-state index in [1.807, 2.05) is 24.3 Å². The Bertz CT molecular complexity index is 912. The number of nitrogens with zero attached hydrogens (tertiary/aromatic N) is 1. The largest absolute Gasteiger partial charge is 0.469 e. The third kappa shape index (κ3) is 6.56. The van der Waals surface area contributed by atoms with Gasteiger partial charge in [-0.15, -0.1) is 0 Å². The summed E-state index contributed by atoms with van der Waals surface area (Å²) in [6, 6.07) is 22.8. The van der Waals surface area contributed by atoms with Crippen molar-refractivity contribution in [3.63, 3.8) is 0 Å². The molecular formula is C27H32N2O2. The van der Waals surface area contributed by atoms with Gasteiger partial charge in [-0.1, -0.05) is 42.5 Å². The topological polar surface area (TPSA) is 45.5 Å².